The second-order valence-electron chi connectivity index (χ2n) is 6.57. The van der Waals surface area contributed by atoms with Gasteiger partial charge in [0.2, 0.25) is 5.91 Å². The Labute approximate surface area is 179 Å². The molecule has 1 amide bonds. The van der Waals surface area contributed by atoms with Gasteiger partial charge in [0.25, 0.3) is 0 Å². The highest BCUT2D eigenvalue weighted by Gasteiger charge is 2.16. The van der Waals surface area contributed by atoms with Gasteiger partial charge in [0.1, 0.15) is 11.6 Å². The van der Waals surface area contributed by atoms with Crippen LogP contribution in [0.5, 0.6) is 5.75 Å². The van der Waals surface area contributed by atoms with Crippen molar-refractivity contribution in [3.63, 3.8) is 0 Å². The zero-order valence-electron chi connectivity index (χ0n) is 16.8. The van der Waals surface area contributed by atoms with Gasteiger partial charge in [-0.15, -0.1) is 10.2 Å². The zero-order valence-corrected chi connectivity index (χ0v) is 18.4. The SMILES string of the molecule is CCOc1ccc(Cl)cc1NC(=O)CSc1nnc(C)n1-c1cc(C)ccc1C. The standard InChI is InChI=1S/C21H23ClN4O2S/c1-5-28-19-9-8-16(22)11-17(19)23-20(27)12-29-21-25-24-15(4)26(21)18-10-13(2)6-7-14(18)3/h6-11H,5,12H2,1-4H3,(H,23,27). The van der Waals surface area contributed by atoms with Crippen LogP contribution in [0.3, 0.4) is 0 Å². The van der Waals surface area contributed by atoms with Crippen LogP contribution in [0, 0.1) is 20.8 Å². The van der Waals surface area contributed by atoms with Crippen LogP contribution >= 0.6 is 23.4 Å². The molecule has 6 nitrogen and oxygen atoms in total. The van der Waals surface area contributed by atoms with Gasteiger partial charge >= 0.3 is 0 Å². The molecule has 0 unspecified atom stereocenters. The van der Waals surface area contributed by atoms with Gasteiger partial charge < -0.3 is 10.1 Å². The normalized spacial score (nSPS) is 10.8. The quantitative estimate of drug-likeness (QED) is 0.535. The van der Waals surface area contributed by atoms with Crippen molar-refractivity contribution in [2.45, 2.75) is 32.9 Å². The van der Waals surface area contributed by atoms with Crippen LogP contribution in [0.25, 0.3) is 5.69 Å². The number of rotatable bonds is 7. The average Bonchev–Trinajstić information content (AvgIpc) is 3.04. The summed E-state index contributed by atoms with van der Waals surface area (Å²) in [6, 6.07) is 11.4. The van der Waals surface area contributed by atoms with Gasteiger partial charge in [0.05, 0.1) is 23.7 Å². The molecule has 0 radical (unpaired) electrons. The Hall–Kier alpha value is -2.51. The number of aromatic nitrogens is 3. The van der Waals surface area contributed by atoms with Crippen LogP contribution < -0.4 is 10.1 Å². The summed E-state index contributed by atoms with van der Waals surface area (Å²) in [7, 11) is 0. The number of hydrogen-bond acceptors (Lipinski definition) is 5. The maximum Gasteiger partial charge on any atom is 0.234 e. The number of amides is 1. The fraction of sp³-hybridized carbons (Fsp3) is 0.286. The minimum Gasteiger partial charge on any atom is -0.492 e. The lowest BCUT2D eigenvalue weighted by atomic mass is 10.1. The Morgan fingerprint density at radius 1 is 1.17 bits per heavy atom. The minimum atomic E-state index is -0.175. The third-order valence-electron chi connectivity index (χ3n) is 4.25. The van der Waals surface area contributed by atoms with Gasteiger partial charge in [-0.3, -0.25) is 9.36 Å². The smallest absolute Gasteiger partial charge is 0.234 e. The second-order valence-corrected chi connectivity index (χ2v) is 7.94. The molecule has 3 aromatic rings. The van der Waals surface area contributed by atoms with Gasteiger partial charge in [0, 0.05) is 5.02 Å². The Morgan fingerprint density at radius 3 is 2.72 bits per heavy atom. The largest absolute Gasteiger partial charge is 0.492 e. The summed E-state index contributed by atoms with van der Waals surface area (Å²) in [5.41, 5.74) is 3.84. The van der Waals surface area contributed by atoms with E-state index in [1.165, 1.54) is 11.8 Å². The molecule has 152 valence electrons. The van der Waals surface area contributed by atoms with Crippen molar-refractivity contribution in [2.24, 2.45) is 0 Å². The third kappa shape index (κ3) is 5.10. The Kier molecular flexibility index (Phi) is 6.82. The topological polar surface area (TPSA) is 69.0 Å². The van der Waals surface area contributed by atoms with Crippen LogP contribution in [0.1, 0.15) is 23.9 Å². The van der Waals surface area contributed by atoms with Crippen LogP contribution in [-0.2, 0) is 4.79 Å². The van der Waals surface area contributed by atoms with Gasteiger partial charge in [-0.1, -0.05) is 35.5 Å². The van der Waals surface area contributed by atoms with Crippen LogP contribution in [0.15, 0.2) is 41.6 Å². The van der Waals surface area contributed by atoms with Gasteiger partial charge in [0.15, 0.2) is 5.16 Å². The molecule has 0 aliphatic rings. The first-order chi connectivity index (χ1) is 13.9. The summed E-state index contributed by atoms with van der Waals surface area (Å²) in [5.74, 6) is 1.37. The molecule has 0 atom stereocenters. The molecular weight excluding hydrogens is 408 g/mol. The number of benzene rings is 2. The van der Waals surface area contributed by atoms with E-state index in [2.05, 4.69) is 33.7 Å². The van der Waals surface area contributed by atoms with E-state index < -0.39 is 0 Å². The van der Waals surface area contributed by atoms with Crippen LogP contribution in [-0.4, -0.2) is 33.0 Å². The molecule has 29 heavy (non-hydrogen) atoms. The van der Waals surface area contributed by atoms with Crippen LogP contribution in [0.2, 0.25) is 5.02 Å². The van der Waals surface area contributed by atoms with Crippen molar-refractivity contribution in [2.75, 3.05) is 17.7 Å². The number of aryl methyl sites for hydroxylation is 3. The first kappa shape index (κ1) is 21.2. The molecule has 0 saturated carbocycles. The predicted octanol–water partition coefficient (Wildman–Crippen LogP) is 4.98. The van der Waals surface area contributed by atoms with Crippen molar-refractivity contribution >= 4 is 35.0 Å². The summed E-state index contributed by atoms with van der Waals surface area (Å²) in [6.45, 7) is 8.38. The second kappa shape index (κ2) is 9.33. The molecule has 0 fully saturated rings. The van der Waals surface area contributed by atoms with E-state index in [4.69, 9.17) is 16.3 Å². The Balaban J connectivity index is 1.76. The molecule has 0 aliphatic carbocycles. The van der Waals surface area contributed by atoms with E-state index in [-0.39, 0.29) is 11.7 Å². The highest BCUT2D eigenvalue weighted by molar-refractivity contribution is 7.99. The maximum absolute atomic E-state index is 12.5. The average molecular weight is 431 g/mol. The molecule has 0 saturated heterocycles. The van der Waals surface area contributed by atoms with Gasteiger partial charge in [-0.05, 0) is 63.1 Å². The van der Waals surface area contributed by atoms with E-state index >= 15 is 0 Å². The van der Waals surface area contributed by atoms with Crippen molar-refractivity contribution in [3.05, 3.63) is 58.4 Å². The summed E-state index contributed by atoms with van der Waals surface area (Å²) >= 11 is 7.39. The first-order valence-corrected chi connectivity index (χ1v) is 10.6. The summed E-state index contributed by atoms with van der Waals surface area (Å²) in [4.78, 5) is 12.5. The molecule has 0 bridgehead atoms. The number of nitrogens with one attached hydrogen (secondary N) is 1. The molecule has 1 heterocycles. The number of nitrogens with zero attached hydrogens (tertiary/aromatic N) is 3. The van der Waals surface area contributed by atoms with Crippen molar-refractivity contribution < 1.29 is 9.53 Å². The molecule has 2 aromatic carbocycles. The van der Waals surface area contributed by atoms with Crippen molar-refractivity contribution in [1.29, 1.82) is 0 Å². The summed E-state index contributed by atoms with van der Waals surface area (Å²) in [5, 5.41) is 12.5. The fourth-order valence-electron chi connectivity index (χ4n) is 2.87. The molecule has 0 spiro atoms. The highest BCUT2D eigenvalue weighted by atomic mass is 35.5. The van der Waals surface area contributed by atoms with Gasteiger partial charge in [-0.2, -0.15) is 0 Å². The predicted molar refractivity (Wildman–Crippen MR) is 118 cm³/mol. The monoisotopic (exact) mass is 430 g/mol. The van der Waals surface area contributed by atoms with E-state index in [1.54, 1.807) is 18.2 Å². The molecule has 1 aromatic heterocycles. The van der Waals surface area contributed by atoms with E-state index in [1.807, 2.05) is 32.3 Å². The Morgan fingerprint density at radius 2 is 1.97 bits per heavy atom. The zero-order chi connectivity index (χ0) is 21.0. The van der Waals surface area contributed by atoms with Crippen molar-refractivity contribution in [3.8, 4) is 11.4 Å². The number of ether oxygens (including phenoxy) is 1. The number of thioether (sulfide) groups is 1. The van der Waals surface area contributed by atoms with E-state index in [9.17, 15) is 4.79 Å². The number of carbonyl (C=O) groups is 1. The number of anilines is 1. The maximum atomic E-state index is 12.5. The summed E-state index contributed by atoms with van der Waals surface area (Å²) in [6.07, 6.45) is 0. The lowest BCUT2D eigenvalue weighted by Gasteiger charge is -2.13. The molecule has 8 heteroatoms. The lowest BCUT2D eigenvalue weighted by Crippen LogP contribution is -2.15. The third-order valence-corrected chi connectivity index (χ3v) is 5.41. The van der Waals surface area contributed by atoms with Crippen LogP contribution in [0.4, 0.5) is 5.69 Å². The number of halogens is 1. The Bertz CT molecular complexity index is 1040. The summed E-state index contributed by atoms with van der Waals surface area (Å²) < 4.78 is 7.53. The molecule has 1 N–H and O–H groups in total. The highest BCUT2D eigenvalue weighted by Crippen LogP contribution is 2.29. The fourth-order valence-corrected chi connectivity index (χ4v) is 3.83. The lowest BCUT2D eigenvalue weighted by molar-refractivity contribution is -0.113. The minimum absolute atomic E-state index is 0.175. The molecule has 3 rings (SSSR count). The molecule has 0 aliphatic heterocycles. The molecular formula is C21H23ClN4O2S. The first-order valence-electron chi connectivity index (χ1n) is 9.23. The number of carbonyl (C=O) groups excluding carboxylic acids is 1. The van der Waals surface area contributed by atoms with E-state index in [0.717, 1.165) is 22.6 Å². The van der Waals surface area contributed by atoms with Gasteiger partial charge in [-0.25, -0.2) is 0 Å². The van der Waals surface area contributed by atoms with Crippen molar-refractivity contribution in [1.82, 2.24) is 14.8 Å². The van der Waals surface area contributed by atoms with E-state index in [0.29, 0.717) is 28.2 Å². The number of hydrogen-bond donors (Lipinski definition) is 1.